The van der Waals surface area contributed by atoms with Crippen LogP contribution in [0.3, 0.4) is 0 Å². The lowest BCUT2D eigenvalue weighted by molar-refractivity contribution is -0.147. The molecule has 2 aliphatic rings. The molecule has 0 aromatic carbocycles. The lowest BCUT2D eigenvalue weighted by atomic mass is 9.96. The van der Waals surface area contributed by atoms with Crippen LogP contribution in [0.15, 0.2) is 12.3 Å². The van der Waals surface area contributed by atoms with Crippen molar-refractivity contribution in [3.8, 4) is 0 Å². The summed E-state index contributed by atoms with van der Waals surface area (Å²) in [6.07, 6.45) is -2.26. The molecule has 2 heterocycles. The van der Waals surface area contributed by atoms with Gasteiger partial charge in [-0.25, -0.2) is 4.79 Å². The lowest BCUT2D eigenvalue weighted by Crippen LogP contribution is -2.57. The van der Waals surface area contributed by atoms with E-state index in [1.54, 1.807) is 6.92 Å². The van der Waals surface area contributed by atoms with Gasteiger partial charge in [-0.1, -0.05) is 20.3 Å². The summed E-state index contributed by atoms with van der Waals surface area (Å²) in [5.41, 5.74) is 5.64. The molecule has 0 aromatic heterocycles. The summed E-state index contributed by atoms with van der Waals surface area (Å²) < 4.78 is 33.9. The molecule has 2 aliphatic heterocycles. The number of carbonyl (C=O) groups excluding carboxylic acids is 1. The van der Waals surface area contributed by atoms with E-state index in [1.807, 2.05) is 6.92 Å². The Kier molecular flexibility index (Phi) is 4.23. The smallest absolute Gasteiger partial charge is 0.327 e. The fraction of sp³-hybridized carbons (Fsp3) is 0.769. The van der Waals surface area contributed by atoms with Crippen LogP contribution in [0.5, 0.6) is 0 Å². The van der Waals surface area contributed by atoms with Crippen molar-refractivity contribution in [2.45, 2.75) is 50.8 Å². The minimum Gasteiger partial charge on any atom is -0.384 e. The number of halogens is 2. The molecule has 0 saturated carbocycles. The van der Waals surface area contributed by atoms with E-state index < -0.39 is 36.6 Å². The molecule has 2 unspecified atom stereocenters. The lowest BCUT2D eigenvalue weighted by Gasteiger charge is -2.37. The molecular weight excluding hydrogens is 284 g/mol. The summed E-state index contributed by atoms with van der Waals surface area (Å²) in [4.78, 5) is 14.0. The third-order valence-corrected chi connectivity index (χ3v) is 4.19. The maximum atomic E-state index is 14.3. The molecule has 120 valence electrons. The highest BCUT2D eigenvalue weighted by Crippen LogP contribution is 2.41. The number of aliphatic hydroxyl groups excluding tert-OH is 1. The van der Waals surface area contributed by atoms with Crippen molar-refractivity contribution in [2.75, 3.05) is 7.05 Å². The van der Waals surface area contributed by atoms with Crippen LogP contribution in [0.25, 0.3) is 0 Å². The molecule has 21 heavy (non-hydrogen) atoms. The number of hydrogen-bond acceptors (Lipinski definition) is 4. The van der Waals surface area contributed by atoms with Crippen LogP contribution in [0.1, 0.15) is 20.3 Å². The van der Waals surface area contributed by atoms with E-state index in [0.717, 1.165) is 9.80 Å². The van der Waals surface area contributed by atoms with Crippen LogP contribution >= 0.6 is 0 Å². The molecular formula is C13H21F2N3O3. The summed E-state index contributed by atoms with van der Waals surface area (Å²) in [5.74, 6) is -3.80. The Labute approximate surface area is 122 Å². The van der Waals surface area contributed by atoms with Crippen LogP contribution in [0.2, 0.25) is 0 Å². The van der Waals surface area contributed by atoms with E-state index in [0.29, 0.717) is 6.42 Å². The van der Waals surface area contributed by atoms with E-state index in [9.17, 15) is 18.7 Å². The number of ether oxygens (including phenoxy) is 1. The maximum absolute atomic E-state index is 14.3. The number of rotatable bonds is 3. The zero-order valence-electron chi connectivity index (χ0n) is 12.2. The minimum atomic E-state index is -3.55. The SMILES string of the molecule is CCC(C)[C@H]1O[C@@H](N2C=CC(N)N(C)C2=O)C(F)(F)[C@@H]1O. The van der Waals surface area contributed by atoms with Crippen molar-refractivity contribution < 1.29 is 23.4 Å². The highest BCUT2D eigenvalue weighted by atomic mass is 19.3. The summed E-state index contributed by atoms with van der Waals surface area (Å²) in [7, 11) is 1.42. The topological polar surface area (TPSA) is 79.0 Å². The quantitative estimate of drug-likeness (QED) is 0.812. The van der Waals surface area contributed by atoms with Gasteiger partial charge in [0.05, 0.1) is 6.10 Å². The molecule has 6 nitrogen and oxygen atoms in total. The summed E-state index contributed by atoms with van der Waals surface area (Å²) in [6, 6.07) is -0.688. The van der Waals surface area contributed by atoms with E-state index >= 15 is 0 Å². The molecule has 0 aromatic rings. The Hall–Kier alpha value is -1.25. The number of aliphatic hydroxyl groups is 1. The molecule has 2 amide bonds. The van der Waals surface area contributed by atoms with Crippen LogP contribution in [-0.4, -0.2) is 58.5 Å². The molecule has 1 saturated heterocycles. The van der Waals surface area contributed by atoms with Crippen LogP contribution < -0.4 is 5.73 Å². The number of likely N-dealkylation sites (N-methyl/N-ethyl adjacent to an activating group) is 1. The van der Waals surface area contributed by atoms with E-state index in [1.165, 1.54) is 19.3 Å². The maximum Gasteiger partial charge on any atom is 0.327 e. The Morgan fingerprint density at radius 1 is 1.57 bits per heavy atom. The van der Waals surface area contributed by atoms with Gasteiger partial charge in [-0.15, -0.1) is 0 Å². The number of nitrogens with two attached hydrogens (primary N) is 1. The van der Waals surface area contributed by atoms with Gasteiger partial charge in [-0.05, 0) is 12.0 Å². The zero-order chi connectivity index (χ0) is 15.9. The molecule has 5 atom stereocenters. The third-order valence-electron chi connectivity index (χ3n) is 4.19. The monoisotopic (exact) mass is 305 g/mol. The molecule has 1 fully saturated rings. The largest absolute Gasteiger partial charge is 0.384 e. The van der Waals surface area contributed by atoms with Gasteiger partial charge < -0.3 is 20.5 Å². The highest BCUT2D eigenvalue weighted by Gasteiger charge is 2.62. The zero-order valence-corrected chi connectivity index (χ0v) is 12.2. The predicted octanol–water partition coefficient (Wildman–Crippen LogP) is 0.920. The molecule has 0 spiro atoms. The fourth-order valence-corrected chi connectivity index (χ4v) is 2.47. The molecule has 0 bridgehead atoms. The summed E-state index contributed by atoms with van der Waals surface area (Å²) >= 11 is 0. The number of urea groups is 1. The van der Waals surface area contributed by atoms with Crippen molar-refractivity contribution in [3.05, 3.63) is 12.3 Å². The third kappa shape index (κ3) is 2.51. The van der Waals surface area contributed by atoms with Gasteiger partial charge in [0.2, 0.25) is 6.23 Å². The molecule has 2 rings (SSSR count). The number of hydrogen-bond donors (Lipinski definition) is 2. The minimum absolute atomic E-state index is 0.250. The number of nitrogens with zero attached hydrogens (tertiary/aromatic N) is 2. The first kappa shape index (κ1) is 16.1. The molecule has 8 heteroatoms. The first-order valence-electron chi connectivity index (χ1n) is 6.92. The predicted molar refractivity (Wildman–Crippen MR) is 71.2 cm³/mol. The Morgan fingerprint density at radius 2 is 2.19 bits per heavy atom. The van der Waals surface area contributed by atoms with Gasteiger partial charge >= 0.3 is 12.0 Å². The van der Waals surface area contributed by atoms with Crippen molar-refractivity contribution >= 4 is 6.03 Å². The molecule has 3 N–H and O–H groups in total. The van der Waals surface area contributed by atoms with E-state index in [-0.39, 0.29) is 5.92 Å². The van der Waals surface area contributed by atoms with Gasteiger partial charge in [0.1, 0.15) is 12.3 Å². The normalized spacial score (nSPS) is 37.2. The van der Waals surface area contributed by atoms with Gasteiger partial charge in [0.15, 0.2) is 0 Å². The van der Waals surface area contributed by atoms with Crippen molar-refractivity contribution in [1.29, 1.82) is 0 Å². The number of carbonyl (C=O) groups is 1. The number of alkyl halides is 2. The Balaban J connectivity index is 2.27. The second-order valence-electron chi connectivity index (χ2n) is 5.59. The second-order valence-corrected chi connectivity index (χ2v) is 5.59. The van der Waals surface area contributed by atoms with Gasteiger partial charge in [0.25, 0.3) is 0 Å². The Bertz CT molecular complexity index is 446. The molecule has 0 aliphatic carbocycles. The van der Waals surface area contributed by atoms with Crippen molar-refractivity contribution in [2.24, 2.45) is 11.7 Å². The van der Waals surface area contributed by atoms with Crippen molar-refractivity contribution in [1.82, 2.24) is 9.80 Å². The van der Waals surface area contributed by atoms with Crippen LogP contribution in [0.4, 0.5) is 13.6 Å². The van der Waals surface area contributed by atoms with Crippen molar-refractivity contribution in [3.63, 3.8) is 0 Å². The Morgan fingerprint density at radius 3 is 2.76 bits per heavy atom. The van der Waals surface area contributed by atoms with Gasteiger partial charge in [-0.2, -0.15) is 8.78 Å². The van der Waals surface area contributed by atoms with E-state index in [2.05, 4.69) is 0 Å². The number of amides is 2. The summed E-state index contributed by atoms with van der Waals surface area (Å²) in [5, 5.41) is 9.85. The first-order valence-corrected chi connectivity index (χ1v) is 6.92. The first-order chi connectivity index (χ1) is 9.71. The average molecular weight is 305 g/mol. The van der Waals surface area contributed by atoms with Crippen LogP contribution in [0, 0.1) is 5.92 Å². The molecule has 0 radical (unpaired) electrons. The highest BCUT2D eigenvalue weighted by molar-refractivity contribution is 5.77. The second kappa shape index (κ2) is 5.51. The van der Waals surface area contributed by atoms with Crippen LogP contribution in [-0.2, 0) is 4.74 Å². The average Bonchev–Trinajstić information content (AvgIpc) is 2.68. The van der Waals surface area contributed by atoms with Gasteiger partial charge in [0, 0.05) is 13.2 Å². The summed E-state index contributed by atoms with van der Waals surface area (Å²) in [6.45, 7) is 3.55. The van der Waals surface area contributed by atoms with E-state index in [4.69, 9.17) is 10.5 Å². The fourth-order valence-electron chi connectivity index (χ4n) is 2.47. The standard InChI is InChI=1S/C13H21F2N3O3/c1-4-7(2)9-10(19)13(14,15)11(21-9)18-6-5-8(16)17(3)12(18)20/h5-11,19H,4,16H2,1-3H3/t7?,8?,9-,10-,11-/m1/s1. The van der Waals surface area contributed by atoms with Gasteiger partial charge in [-0.3, -0.25) is 4.90 Å².